The third-order valence-electron chi connectivity index (χ3n) is 4.54. The quantitative estimate of drug-likeness (QED) is 0.513. The lowest BCUT2D eigenvalue weighted by molar-refractivity contribution is 0.0486. The van der Waals surface area contributed by atoms with Crippen molar-refractivity contribution in [3.8, 4) is 11.9 Å². The van der Waals surface area contributed by atoms with Crippen LogP contribution in [0.3, 0.4) is 0 Å². The number of nitriles is 1. The zero-order valence-corrected chi connectivity index (χ0v) is 15.1. The predicted octanol–water partition coefficient (Wildman–Crippen LogP) is 2.82. The minimum absolute atomic E-state index is 0.141. The lowest BCUT2D eigenvalue weighted by atomic mass is 9.88. The number of rotatable bonds is 7. The van der Waals surface area contributed by atoms with Crippen LogP contribution in [0.2, 0.25) is 0 Å². The molecule has 1 saturated heterocycles. The zero-order chi connectivity index (χ0) is 19.1. The Balaban J connectivity index is 1.86. The monoisotopic (exact) mass is 365 g/mol. The second-order valence-corrected chi connectivity index (χ2v) is 6.62. The van der Waals surface area contributed by atoms with Gasteiger partial charge in [0, 0.05) is 12.8 Å². The van der Waals surface area contributed by atoms with Crippen LogP contribution in [-0.2, 0) is 11.3 Å². The molecule has 1 unspecified atom stereocenters. The van der Waals surface area contributed by atoms with E-state index in [1.165, 1.54) is 0 Å². The van der Waals surface area contributed by atoms with E-state index in [9.17, 15) is 5.26 Å². The van der Waals surface area contributed by atoms with Crippen LogP contribution >= 0.6 is 0 Å². The molecule has 1 aromatic heterocycles. The highest BCUT2D eigenvalue weighted by atomic mass is 16.5. The molecule has 2 heterocycles. The largest absolute Gasteiger partial charge is 0.472 e. The number of nitrogens with two attached hydrogens (primary N) is 1. The maximum absolute atomic E-state index is 9.26. The van der Waals surface area contributed by atoms with Crippen molar-refractivity contribution in [3.63, 3.8) is 0 Å². The fourth-order valence-electron chi connectivity index (χ4n) is 3.21. The maximum Gasteiger partial charge on any atom is 0.226 e. The highest BCUT2D eigenvalue weighted by Gasteiger charge is 2.34. The summed E-state index contributed by atoms with van der Waals surface area (Å²) in [5.41, 5.74) is 7.35. The average molecular weight is 365 g/mol. The summed E-state index contributed by atoms with van der Waals surface area (Å²) in [6, 6.07) is 13.7. The molecule has 7 heteroatoms. The van der Waals surface area contributed by atoms with Gasteiger partial charge in [-0.05, 0) is 24.5 Å². The molecule has 140 valence electrons. The van der Waals surface area contributed by atoms with E-state index in [2.05, 4.69) is 16.4 Å². The van der Waals surface area contributed by atoms with Crippen molar-refractivity contribution in [3.05, 3.63) is 53.7 Å². The van der Waals surface area contributed by atoms with Gasteiger partial charge >= 0.3 is 0 Å². The van der Waals surface area contributed by atoms with Crippen molar-refractivity contribution >= 4 is 11.5 Å². The van der Waals surface area contributed by atoms with Crippen LogP contribution in [0.5, 0.6) is 5.88 Å². The van der Waals surface area contributed by atoms with Crippen molar-refractivity contribution < 1.29 is 9.47 Å². The number of anilines is 1. The van der Waals surface area contributed by atoms with E-state index in [0.29, 0.717) is 43.4 Å². The number of amidine groups is 1. The molecular formula is C20H23N5O2. The Hall–Kier alpha value is -3.11. The van der Waals surface area contributed by atoms with Crippen molar-refractivity contribution in [1.82, 2.24) is 4.98 Å². The van der Waals surface area contributed by atoms with E-state index in [-0.39, 0.29) is 5.84 Å². The first kappa shape index (κ1) is 18.7. The molecule has 0 radical (unpaired) electrons. The molecule has 2 aromatic rings. The van der Waals surface area contributed by atoms with Crippen molar-refractivity contribution in [2.24, 2.45) is 5.73 Å². The molecular weight excluding hydrogens is 342 g/mol. The molecule has 0 aliphatic carbocycles. The zero-order valence-electron chi connectivity index (χ0n) is 15.1. The first-order valence-corrected chi connectivity index (χ1v) is 8.86. The Morgan fingerprint density at radius 2 is 2.19 bits per heavy atom. The van der Waals surface area contributed by atoms with Crippen LogP contribution in [0.1, 0.15) is 30.4 Å². The SMILES string of the molecule is N#CCC1(Nc2ccnc(OCc3ccccc3)c2C(=N)N)CCCOC1. The number of hydrogen-bond donors (Lipinski definition) is 3. The van der Waals surface area contributed by atoms with Crippen LogP contribution < -0.4 is 15.8 Å². The number of benzene rings is 1. The topological polar surface area (TPSA) is 117 Å². The molecule has 0 saturated carbocycles. The maximum atomic E-state index is 9.26. The summed E-state index contributed by atoms with van der Waals surface area (Å²) in [4.78, 5) is 4.26. The highest BCUT2D eigenvalue weighted by molar-refractivity contribution is 6.02. The summed E-state index contributed by atoms with van der Waals surface area (Å²) in [5.74, 6) is 0.151. The average Bonchev–Trinajstić information content (AvgIpc) is 2.68. The number of ether oxygens (including phenoxy) is 2. The van der Waals surface area contributed by atoms with Crippen molar-refractivity contribution in [2.45, 2.75) is 31.4 Å². The number of aromatic nitrogens is 1. The fourth-order valence-corrected chi connectivity index (χ4v) is 3.21. The lowest BCUT2D eigenvalue weighted by Crippen LogP contribution is -2.46. The van der Waals surface area contributed by atoms with Crippen LogP contribution in [0.15, 0.2) is 42.6 Å². The van der Waals surface area contributed by atoms with Gasteiger partial charge in [-0.3, -0.25) is 5.41 Å². The van der Waals surface area contributed by atoms with Crippen LogP contribution in [0.25, 0.3) is 0 Å². The summed E-state index contributed by atoms with van der Waals surface area (Å²) in [5, 5.41) is 20.7. The minimum Gasteiger partial charge on any atom is -0.472 e. The molecule has 3 rings (SSSR count). The third kappa shape index (κ3) is 4.54. The van der Waals surface area contributed by atoms with Gasteiger partial charge in [-0.1, -0.05) is 30.3 Å². The van der Waals surface area contributed by atoms with Gasteiger partial charge in [0.15, 0.2) is 0 Å². The number of nitrogen functional groups attached to an aromatic ring is 1. The molecule has 1 aliphatic rings. The number of pyridine rings is 1. The van der Waals surface area contributed by atoms with Crippen LogP contribution in [0, 0.1) is 16.7 Å². The molecule has 7 nitrogen and oxygen atoms in total. The van der Waals surface area contributed by atoms with E-state index in [1.807, 2.05) is 30.3 Å². The molecule has 0 amide bonds. The minimum atomic E-state index is -0.505. The molecule has 27 heavy (non-hydrogen) atoms. The van der Waals surface area contributed by atoms with Gasteiger partial charge in [0.2, 0.25) is 5.88 Å². The standard InChI is InChI=1S/C20H23N5O2/c21-10-9-20(8-4-12-26-14-20)25-16-7-11-24-19(17(16)18(22)23)27-13-15-5-2-1-3-6-15/h1-3,5-7,11H,4,8-9,12-14H2,(H3,22,23)(H,24,25). The van der Waals surface area contributed by atoms with Gasteiger partial charge < -0.3 is 20.5 Å². The summed E-state index contributed by atoms with van der Waals surface area (Å²) in [7, 11) is 0. The summed E-state index contributed by atoms with van der Waals surface area (Å²) >= 11 is 0. The molecule has 1 atom stereocenters. The van der Waals surface area contributed by atoms with Crippen molar-refractivity contribution in [1.29, 1.82) is 10.7 Å². The molecule has 0 spiro atoms. The smallest absolute Gasteiger partial charge is 0.226 e. The van der Waals surface area contributed by atoms with Gasteiger partial charge in [0.05, 0.1) is 30.3 Å². The summed E-state index contributed by atoms with van der Waals surface area (Å²) in [6.45, 7) is 1.45. The second-order valence-electron chi connectivity index (χ2n) is 6.62. The molecule has 1 fully saturated rings. The predicted molar refractivity (Wildman–Crippen MR) is 103 cm³/mol. The Morgan fingerprint density at radius 3 is 2.85 bits per heavy atom. The van der Waals surface area contributed by atoms with Gasteiger partial charge in [-0.15, -0.1) is 0 Å². The summed E-state index contributed by atoms with van der Waals surface area (Å²) < 4.78 is 11.4. The van der Waals surface area contributed by atoms with E-state index in [4.69, 9.17) is 20.6 Å². The van der Waals surface area contributed by atoms with Gasteiger partial charge in [-0.25, -0.2) is 4.98 Å². The molecule has 0 bridgehead atoms. The summed E-state index contributed by atoms with van der Waals surface area (Å²) in [6.07, 6.45) is 3.58. The second kappa shape index (κ2) is 8.52. The van der Waals surface area contributed by atoms with E-state index < -0.39 is 5.54 Å². The van der Waals surface area contributed by atoms with E-state index >= 15 is 0 Å². The van der Waals surface area contributed by atoms with Crippen molar-refractivity contribution in [2.75, 3.05) is 18.5 Å². The number of hydrogen-bond acceptors (Lipinski definition) is 6. The highest BCUT2D eigenvalue weighted by Crippen LogP contribution is 2.32. The third-order valence-corrected chi connectivity index (χ3v) is 4.54. The Bertz CT molecular complexity index is 826. The Labute approximate surface area is 158 Å². The van der Waals surface area contributed by atoms with Gasteiger partial charge in [-0.2, -0.15) is 5.26 Å². The van der Waals surface area contributed by atoms with E-state index in [0.717, 1.165) is 18.4 Å². The first-order chi connectivity index (χ1) is 13.1. The van der Waals surface area contributed by atoms with Crippen LogP contribution in [-0.4, -0.2) is 29.6 Å². The Morgan fingerprint density at radius 1 is 1.37 bits per heavy atom. The Kier molecular flexibility index (Phi) is 5.89. The number of nitrogens with zero attached hydrogens (tertiary/aromatic N) is 2. The van der Waals surface area contributed by atoms with Gasteiger partial charge in [0.25, 0.3) is 0 Å². The fraction of sp³-hybridized carbons (Fsp3) is 0.350. The normalized spacial score (nSPS) is 19.1. The number of nitrogens with one attached hydrogen (secondary N) is 2. The first-order valence-electron chi connectivity index (χ1n) is 8.86. The van der Waals surface area contributed by atoms with Crippen LogP contribution in [0.4, 0.5) is 5.69 Å². The lowest BCUT2D eigenvalue weighted by Gasteiger charge is -2.37. The molecule has 4 N–H and O–H groups in total. The molecule has 1 aliphatic heterocycles. The van der Waals surface area contributed by atoms with E-state index in [1.54, 1.807) is 12.3 Å². The molecule has 1 aromatic carbocycles. The van der Waals surface area contributed by atoms with Gasteiger partial charge in [0.1, 0.15) is 18.0 Å².